The van der Waals surface area contributed by atoms with Crippen molar-refractivity contribution >= 4 is 11.9 Å². The molecule has 0 bridgehead atoms. The number of hydrogen-bond acceptors (Lipinski definition) is 4. The van der Waals surface area contributed by atoms with Gasteiger partial charge < -0.3 is 9.64 Å². The second-order valence-electron chi connectivity index (χ2n) is 10.0. The van der Waals surface area contributed by atoms with Crippen molar-refractivity contribution in [1.82, 2.24) is 9.80 Å². The van der Waals surface area contributed by atoms with Gasteiger partial charge in [-0.25, -0.2) is 4.79 Å². The summed E-state index contributed by atoms with van der Waals surface area (Å²) in [5.74, 6) is 0.821. The highest BCUT2D eigenvalue weighted by molar-refractivity contribution is 5.81. The maximum absolute atomic E-state index is 12.8. The minimum atomic E-state index is -0.473. The SMILES string of the molecule is CC(C)(C)OC(=O)N1CC[C@H]2CC(=O)C[C@@H]3N4CCCC/C=C\[C@H]4C[C@]23C1. The molecule has 3 fully saturated rings. The molecule has 0 aromatic carbocycles. The van der Waals surface area contributed by atoms with Crippen LogP contribution in [0.3, 0.4) is 0 Å². The molecular weight excluding hydrogens is 340 g/mol. The highest BCUT2D eigenvalue weighted by atomic mass is 16.6. The molecular formula is C22H34N2O3. The summed E-state index contributed by atoms with van der Waals surface area (Å²) in [4.78, 5) is 29.8. The Bertz CT molecular complexity index is 638. The second kappa shape index (κ2) is 6.91. The van der Waals surface area contributed by atoms with Crippen LogP contribution in [0, 0.1) is 11.3 Å². The van der Waals surface area contributed by atoms with Gasteiger partial charge in [-0.3, -0.25) is 9.69 Å². The van der Waals surface area contributed by atoms with Gasteiger partial charge in [-0.1, -0.05) is 12.2 Å². The Hall–Kier alpha value is -1.36. The van der Waals surface area contributed by atoms with Gasteiger partial charge in [-0.2, -0.15) is 0 Å². The van der Waals surface area contributed by atoms with Crippen molar-refractivity contribution in [2.24, 2.45) is 11.3 Å². The van der Waals surface area contributed by atoms with Crippen LogP contribution in [0.5, 0.6) is 0 Å². The number of carbonyl (C=O) groups excluding carboxylic acids is 2. The number of fused-ring (bicyclic) bond motifs is 2. The molecule has 27 heavy (non-hydrogen) atoms. The molecule has 4 rings (SSSR count). The molecule has 0 N–H and O–H groups in total. The van der Waals surface area contributed by atoms with Gasteiger partial charge in [-0.05, 0) is 65.3 Å². The Morgan fingerprint density at radius 1 is 1.22 bits per heavy atom. The lowest BCUT2D eigenvalue weighted by Gasteiger charge is -2.52. The van der Waals surface area contributed by atoms with E-state index in [1.54, 1.807) is 0 Å². The largest absolute Gasteiger partial charge is 0.444 e. The van der Waals surface area contributed by atoms with Gasteiger partial charge in [0.25, 0.3) is 0 Å². The number of ketones is 1. The van der Waals surface area contributed by atoms with Gasteiger partial charge >= 0.3 is 6.09 Å². The molecule has 0 aromatic heterocycles. The summed E-state index contributed by atoms with van der Waals surface area (Å²) >= 11 is 0. The summed E-state index contributed by atoms with van der Waals surface area (Å²) in [6.07, 6.45) is 11.4. The molecule has 1 saturated carbocycles. The minimum absolute atomic E-state index is 0.0441. The Kier molecular flexibility index (Phi) is 4.86. The van der Waals surface area contributed by atoms with Crippen LogP contribution in [0.25, 0.3) is 0 Å². The van der Waals surface area contributed by atoms with E-state index < -0.39 is 5.60 Å². The first-order valence-corrected chi connectivity index (χ1v) is 10.7. The number of nitrogens with zero attached hydrogens (tertiary/aromatic N) is 2. The Morgan fingerprint density at radius 2 is 2.04 bits per heavy atom. The van der Waals surface area contributed by atoms with E-state index in [9.17, 15) is 9.59 Å². The molecule has 4 aliphatic rings. The van der Waals surface area contributed by atoms with Crippen LogP contribution < -0.4 is 0 Å². The number of Topliss-reactive ketones (excluding diaryl/α,β-unsaturated/α-hetero) is 1. The molecule has 5 nitrogen and oxygen atoms in total. The van der Waals surface area contributed by atoms with E-state index in [4.69, 9.17) is 4.74 Å². The Labute approximate surface area is 163 Å². The molecule has 0 aromatic rings. The number of piperidine rings is 1. The number of allylic oxidation sites excluding steroid dienone is 1. The average molecular weight is 375 g/mol. The van der Waals surface area contributed by atoms with Crippen LogP contribution in [-0.2, 0) is 9.53 Å². The van der Waals surface area contributed by atoms with Gasteiger partial charge in [-0.15, -0.1) is 0 Å². The highest BCUT2D eigenvalue weighted by Crippen LogP contribution is 2.55. The van der Waals surface area contributed by atoms with Gasteiger partial charge in [0.15, 0.2) is 0 Å². The number of carbonyl (C=O) groups is 2. The quantitative estimate of drug-likeness (QED) is 0.606. The van der Waals surface area contributed by atoms with Gasteiger partial charge in [0.05, 0.1) is 0 Å². The molecule has 4 atom stereocenters. The Balaban J connectivity index is 1.62. The molecule has 150 valence electrons. The van der Waals surface area contributed by atoms with Gasteiger partial charge in [0, 0.05) is 43.4 Å². The third kappa shape index (κ3) is 3.55. The van der Waals surface area contributed by atoms with Crippen LogP contribution in [0.15, 0.2) is 12.2 Å². The fraction of sp³-hybridized carbons (Fsp3) is 0.818. The van der Waals surface area contributed by atoms with E-state index in [1.165, 1.54) is 12.8 Å². The van der Waals surface area contributed by atoms with Crippen molar-refractivity contribution in [2.75, 3.05) is 19.6 Å². The molecule has 1 aliphatic carbocycles. The monoisotopic (exact) mass is 374 g/mol. The minimum Gasteiger partial charge on any atom is -0.444 e. The zero-order valence-corrected chi connectivity index (χ0v) is 17.1. The first kappa shape index (κ1) is 19.0. The molecule has 3 heterocycles. The molecule has 1 spiro atoms. The molecule has 0 unspecified atom stereocenters. The lowest BCUT2D eigenvalue weighted by molar-refractivity contribution is -0.130. The lowest BCUT2D eigenvalue weighted by Crippen LogP contribution is -2.59. The van der Waals surface area contributed by atoms with Crippen molar-refractivity contribution in [1.29, 1.82) is 0 Å². The standard InChI is InChI=1S/C22H34N2O3/c1-21(2,3)27-20(26)23-11-9-16-12-18(25)13-19-22(16,15-23)14-17-8-6-4-5-7-10-24(17)19/h6,8,16-17,19H,4-5,7,9-15H2,1-3H3/b8-6-/t16-,17-,19-,22-/m0/s1. The molecule has 5 heteroatoms. The van der Waals surface area contributed by atoms with E-state index in [-0.39, 0.29) is 17.6 Å². The average Bonchev–Trinajstić information content (AvgIpc) is 2.82. The number of ether oxygens (including phenoxy) is 1. The summed E-state index contributed by atoms with van der Waals surface area (Å²) in [7, 11) is 0. The summed E-state index contributed by atoms with van der Waals surface area (Å²) in [5, 5.41) is 0. The number of rotatable bonds is 0. The maximum atomic E-state index is 12.8. The summed E-state index contributed by atoms with van der Waals surface area (Å²) < 4.78 is 5.67. The van der Waals surface area contributed by atoms with Crippen molar-refractivity contribution in [3.05, 3.63) is 12.2 Å². The zero-order chi connectivity index (χ0) is 19.2. The van der Waals surface area contributed by atoms with Crippen LogP contribution in [0.2, 0.25) is 0 Å². The van der Waals surface area contributed by atoms with E-state index in [1.807, 2.05) is 25.7 Å². The maximum Gasteiger partial charge on any atom is 0.410 e. The predicted molar refractivity (Wildman–Crippen MR) is 104 cm³/mol. The smallest absolute Gasteiger partial charge is 0.410 e. The van der Waals surface area contributed by atoms with E-state index in [2.05, 4.69) is 17.1 Å². The first-order chi connectivity index (χ1) is 12.8. The van der Waals surface area contributed by atoms with Crippen molar-refractivity contribution in [3.63, 3.8) is 0 Å². The second-order valence-corrected chi connectivity index (χ2v) is 10.0. The van der Waals surface area contributed by atoms with Gasteiger partial charge in [0.1, 0.15) is 11.4 Å². The van der Waals surface area contributed by atoms with E-state index >= 15 is 0 Å². The summed E-state index contributed by atoms with van der Waals surface area (Å²) in [5.41, 5.74) is -0.429. The van der Waals surface area contributed by atoms with Crippen molar-refractivity contribution < 1.29 is 14.3 Å². The summed E-state index contributed by atoms with van der Waals surface area (Å²) in [6.45, 7) is 8.30. The van der Waals surface area contributed by atoms with E-state index in [0.29, 0.717) is 37.1 Å². The zero-order valence-electron chi connectivity index (χ0n) is 17.1. The van der Waals surface area contributed by atoms with Crippen LogP contribution in [-0.4, -0.2) is 59.0 Å². The first-order valence-electron chi connectivity index (χ1n) is 10.7. The van der Waals surface area contributed by atoms with Gasteiger partial charge in [0.2, 0.25) is 0 Å². The lowest BCUT2D eigenvalue weighted by atomic mass is 9.59. The third-order valence-corrected chi connectivity index (χ3v) is 7.07. The molecule has 3 aliphatic heterocycles. The number of likely N-dealkylation sites (tertiary alicyclic amines) is 1. The van der Waals surface area contributed by atoms with Crippen LogP contribution in [0.4, 0.5) is 4.79 Å². The normalized spacial score (nSPS) is 38.3. The molecule has 1 amide bonds. The molecule has 0 radical (unpaired) electrons. The fourth-order valence-electron chi connectivity index (χ4n) is 5.97. The predicted octanol–water partition coefficient (Wildman–Crippen LogP) is 3.78. The third-order valence-electron chi connectivity index (χ3n) is 7.07. The van der Waals surface area contributed by atoms with Crippen molar-refractivity contribution in [2.45, 2.75) is 83.4 Å². The summed E-state index contributed by atoms with van der Waals surface area (Å²) in [6, 6.07) is 0.698. The van der Waals surface area contributed by atoms with Crippen molar-refractivity contribution in [3.8, 4) is 0 Å². The Morgan fingerprint density at radius 3 is 2.81 bits per heavy atom. The number of hydrogen-bond donors (Lipinski definition) is 0. The highest BCUT2D eigenvalue weighted by Gasteiger charge is 2.60. The topological polar surface area (TPSA) is 49.9 Å². The van der Waals surface area contributed by atoms with E-state index in [0.717, 1.165) is 32.4 Å². The van der Waals surface area contributed by atoms with Crippen LogP contribution >= 0.6 is 0 Å². The fourth-order valence-corrected chi connectivity index (χ4v) is 5.97. The van der Waals surface area contributed by atoms with Crippen LogP contribution in [0.1, 0.15) is 65.7 Å². The number of amides is 1. The molecule has 2 saturated heterocycles.